The molecule has 4 aliphatic rings. The third-order valence-electron chi connectivity index (χ3n) is 8.84. The second-order valence-electron chi connectivity index (χ2n) is 10.3. The minimum Gasteiger partial charge on any atom is -0.393 e. The highest BCUT2D eigenvalue weighted by Crippen LogP contribution is 2.71. The van der Waals surface area contributed by atoms with Gasteiger partial charge in [0, 0.05) is 16.7 Å². The van der Waals surface area contributed by atoms with Gasteiger partial charge in [-0.15, -0.1) is 0 Å². The van der Waals surface area contributed by atoms with Crippen LogP contribution in [-0.4, -0.2) is 56.0 Å². The second-order valence-corrected chi connectivity index (χ2v) is 11.5. The number of hydrogen-bond acceptors (Lipinski definition) is 6. The van der Waals surface area contributed by atoms with E-state index in [1.54, 1.807) is 26.8 Å². The van der Waals surface area contributed by atoms with Crippen LogP contribution in [0.15, 0.2) is 23.8 Å². The SMILES string of the molecule is C[C@@H]1C[C@H]2[C@@H]3C[C@H](F)C4=CC(=O)C=C[C@]4(C)[C@H]3[C@@H](O)C[C@]2(C)[C@@]1(OP(=O)(O)O)C(=O)CO. The van der Waals surface area contributed by atoms with E-state index in [2.05, 4.69) is 0 Å². The number of allylic oxidation sites excluding steroid dienone is 4. The summed E-state index contributed by atoms with van der Waals surface area (Å²) in [5.41, 5.74) is -3.81. The molecular weight excluding hydrogens is 442 g/mol. The monoisotopic (exact) mass is 472 g/mol. The first-order valence-corrected chi connectivity index (χ1v) is 12.4. The van der Waals surface area contributed by atoms with Crippen molar-refractivity contribution in [2.75, 3.05) is 6.61 Å². The number of fused-ring (bicyclic) bond motifs is 5. The Kier molecular flexibility index (Phi) is 5.52. The van der Waals surface area contributed by atoms with Crippen LogP contribution in [0.5, 0.6) is 0 Å². The zero-order valence-corrected chi connectivity index (χ0v) is 19.2. The molecule has 0 spiro atoms. The third-order valence-corrected chi connectivity index (χ3v) is 9.36. The van der Waals surface area contributed by atoms with Crippen LogP contribution >= 0.6 is 7.82 Å². The Morgan fingerprint density at radius 2 is 1.97 bits per heavy atom. The van der Waals surface area contributed by atoms with Gasteiger partial charge in [0.05, 0.1) is 6.10 Å². The van der Waals surface area contributed by atoms with E-state index in [0.29, 0.717) is 12.0 Å². The maximum absolute atomic E-state index is 15.4. The lowest BCUT2D eigenvalue weighted by atomic mass is 9.46. The van der Waals surface area contributed by atoms with Crippen molar-refractivity contribution in [3.63, 3.8) is 0 Å². The number of carbonyl (C=O) groups excluding carboxylic acids is 2. The maximum Gasteiger partial charge on any atom is 0.470 e. The van der Waals surface area contributed by atoms with Crippen molar-refractivity contribution in [2.45, 2.75) is 57.9 Å². The van der Waals surface area contributed by atoms with Gasteiger partial charge in [-0.1, -0.05) is 26.8 Å². The largest absolute Gasteiger partial charge is 0.470 e. The van der Waals surface area contributed by atoms with Crippen molar-refractivity contribution < 1.29 is 43.1 Å². The Balaban J connectivity index is 1.85. The summed E-state index contributed by atoms with van der Waals surface area (Å²) in [4.78, 5) is 44.2. The van der Waals surface area contributed by atoms with Crippen LogP contribution in [0.2, 0.25) is 0 Å². The molecule has 3 saturated carbocycles. The molecular formula is C22H30FO8P. The number of halogens is 1. The molecule has 4 aliphatic carbocycles. The summed E-state index contributed by atoms with van der Waals surface area (Å²) >= 11 is 0. The highest BCUT2D eigenvalue weighted by Gasteiger charge is 2.73. The molecule has 8 nitrogen and oxygen atoms in total. The van der Waals surface area contributed by atoms with Crippen LogP contribution in [0.25, 0.3) is 0 Å². The van der Waals surface area contributed by atoms with Crippen molar-refractivity contribution in [1.82, 2.24) is 0 Å². The number of alkyl halides is 1. The standard InChI is InChI=1S/C22H30FO8P/c1-11-6-14-13-8-16(23)15-7-12(25)4-5-20(15,2)19(13)17(26)9-21(14,3)22(11,18(27)10-24)31-32(28,29)30/h4-5,7,11,13-14,16-17,19,24,26H,6,8-10H2,1-3H3,(H2,28,29,30)/t11-,13+,14+,16+,17+,19-,20+,21+,22+/m1/s1. The van der Waals surface area contributed by atoms with Crippen molar-refractivity contribution in [1.29, 1.82) is 0 Å². The molecule has 0 aromatic heterocycles. The molecule has 4 rings (SSSR count). The lowest BCUT2D eigenvalue weighted by molar-refractivity contribution is -0.182. The van der Waals surface area contributed by atoms with Crippen molar-refractivity contribution in [3.8, 4) is 0 Å². The normalized spacial score (nSPS) is 48.0. The molecule has 9 atom stereocenters. The molecule has 0 saturated heterocycles. The van der Waals surface area contributed by atoms with Gasteiger partial charge >= 0.3 is 7.82 Å². The molecule has 10 heteroatoms. The summed E-state index contributed by atoms with van der Waals surface area (Å²) in [5, 5.41) is 21.0. The molecule has 0 amide bonds. The average Bonchev–Trinajstić information content (AvgIpc) is 2.89. The number of ketones is 2. The van der Waals surface area contributed by atoms with Gasteiger partial charge in [0.25, 0.3) is 0 Å². The number of carbonyl (C=O) groups is 2. The molecule has 0 aliphatic heterocycles. The average molecular weight is 472 g/mol. The van der Waals surface area contributed by atoms with E-state index in [1.807, 2.05) is 0 Å². The van der Waals surface area contributed by atoms with Crippen LogP contribution in [0.1, 0.15) is 40.0 Å². The number of rotatable bonds is 4. The number of phosphoric acid groups is 1. The predicted octanol–water partition coefficient (Wildman–Crippen LogP) is 1.87. The third kappa shape index (κ3) is 3.09. The molecule has 0 aromatic carbocycles. The molecule has 0 radical (unpaired) electrons. The molecule has 0 unspecified atom stereocenters. The summed E-state index contributed by atoms with van der Waals surface area (Å²) in [6.07, 6.45) is 2.19. The number of aliphatic hydroxyl groups excluding tert-OH is 2. The summed E-state index contributed by atoms with van der Waals surface area (Å²) in [7, 11) is -5.15. The summed E-state index contributed by atoms with van der Waals surface area (Å²) in [6, 6.07) is 0. The Morgan fingerprint density at radius 3 is 2.56 bits per heavy atom. The molecule has 0 heterocycles. The smallest absolute Gasteiger partial charge is 0.393 e. The Bertz CT molecular complexity index is 958. The van der Waals surface area contributed by atoms with E-state index >= 15 is 4.39 Å². The maximum atomic E-state index is 15.4. The molecule has 178 valence electrons. The number of phosphoric ester groups is 1. The van der Waals surface area contributed by atoms with Gasteiger partial charge in [0.1, 0.15) is 18.4 Å². The quantitative estimate of drug-likeness (QED) is 0.455. The number of hydrogen-bond donors (Lipinski definition) is 4. The highest BCUT2D eigenvalue weighted by atomic mass is 31.2. The Hall–Kier alpha value is -1.22. The van der Waals surface area contributed by atoms with E-state index in [0.717, 1.165) is 0 Å². The fourth-order valence-corrected chi connectivity index (χ4v) is 8.66. The van der Waals surface area contributed by atoms with Crippen LogP contribution in [-0.2, 0) is 18.7 Å². The topological polar surface area (TPSA) is 141 Å². The first kappa shape index (κ1) is 23.9. The van der Waals surface area contributed by atoms with Crippen LogP contribution in [0.3, 0.4) is 0 Å². The summed E-state index contributed by atoms with van der Waals surface area (Å²) < 4.78 is 32.5. The van der Waals surface area contributed by atoms with Gasteiger partial charge < -0.3 is 20.0 Å². The van der Waals surface area contributed by atoms with Gasteiger partial charge in [0.2, 0.25) is 0 Å². The van der Waals surface area contributed by atoms with E-state index in [4.69, 9.17) is 4.52 Å². The van der Waals surface area contributed by atoms with Crippen molar-refractivity contribution in [2.24, 2.45) is 34.5 Å². The minimum absolute atomic E-state index is 0.0173. The van der Waals surface area contributed by atoms with Crippen LogP contribution in [0, 0.1) is 34.5 Å². The van der Waals surface area contributed by atoms with Gasteiger partial charge in [-0.25, -0.2) is 8.96 Å². The van der Waals surface area contributed by atoms with Gasteiger partial charge in [-0.3, -0.25) is 14.1 Å². The Morgan fingerprint density at radius 1 is 1.31 bits per heavy atom. The van der Waals surface area contributed by atoms with E-state index in [9.17, 15) is 34.2 Å². The summed E-state index contributed by atoms with van der Waals surface area (Å²) in [6.45, 7) is 4.10. The van der Waals surface area contributed by atoms with Crippen LogP contribution < -0.4 is 0 Å². The van der Waals surface area contributed by atoms with E-state index in [-0.39, 0.29) is 18.6 Å². The lowest BCUT2D eigenvalue weighted by Crippen LogP contribution is -2.64. The van der Waals surface area contributed by atoms with Crippen molar-refractivity contribution in [3.05, 3.63) is 23.8 Å². The lowest BCUT2D eigenvalue weighted by Gasteiger charge is -2.60. The Labute approximate surface area is 185 Å². The molecule has 4 N–H and O–H groups in total. The van der Waals surface area contributed by atoms with E-state index < -0.39 is 72.6 Å². The summed E-state index contributed by atoms with van der Waals surface area (Å²) in [5.74, 6) is -3.09. The number of Topliss-reactive ketones (excluding diaryl/α,β-unsaturated/α-hetero) is 1. The minimum atomic E-state index is -5.15. The first-order valence-electron chi connectivity index (χ1n) is 10.9. The predicted molar refractivity (Wildman–Crippen MR) is 111 cm³/mol. The zero-order chi connectivity index (χ0) is 23.9. The molecule has 32 heavy (non-hydrogen) atoms. The first-order chi connectivity index (χ1) is 14.7. The molecule has 0 aromatic rings. The second kappa shape index (κ2) is 7.39. The highest BCUT2D eigenvalue weighted by molar-refractivity contribution is 7.46. The zero-order valence-electron chi connectivity index (χ0n) is 18.3. The van der Waals surface area contributed by atoms with Crippen molar-refractivity contribution >= 4 is 19.4 Å². The van der Waals surface area contributed by atoms with E-state index in [1.165, 1.54) is 12.2 Å². The molecule has 0 bridgehead atoms. The van der Waals surface area contributed by atoms with Gasteiger partial charge in [-0.05, 0) is 54.7 Å². The van der Waals surface area contributed by atoms with Gasteiger partial charge in [0.15, 0.2) is 11.6 Å². The van der Waals surface area contributed by atoms with Gasteiger partial charge in [-0.2, -0.15) is 0 Å². The number of aliphatic hydroxyl groups is 2. The fraction of sp³-hybridized carbons (Fsp3) is 0.727. The molecule has 3 fully saturated rings. The fourth-order valence-electron chi connectivity index (χ4n) is 7.80. The van der Waals surface area contributed by atoms with Crippen LogP contribution in [0.4, 0.5) is 4.39 Å².